The number of nitrogens with one attached hydrogen (secondary N) is 2. The lowest BCUT2D eigenvalue weighted by Crippen LogP contribution is -2.37. The number of hydrogen-bond donors (Lipinski definition) is 2. The Kier molecular flexibility index (Phi) is 4.57. The molecule has 1 amide bonds. The maximum atomic E-state index is 12.2. The molecule has 0 spiro atoms. The van der Waals surface area contributed by atoms with Gasteiger partial charge in [-0.15, -0.1) is 0 Å². The van der Waals surface area contributed by atoms with Gasteiger partial charge in [0.15, 0.2) is 0 Å². The summed E-state index contributed by atoms with van der Waals surface area (Å²) in [6.07, 6.45) is 0.870. The number of benzene rings is 1. The number of fused-ring (bicyclic) bond motifs is 1. The third kappa shape index (κ3) is 3.59. The molecule has 0 bridgehead atoms. The van der Waals surface area contributed by atoms with Crippen LogP contribution in [-0.2, 0) is 11.3 Å². The Bertz CT molecular complexity index is 759. The van der Waals surface area contributed by atoms with Crippen molar-refractivity contribution in [3.05, 3.63) is 45.0 Å². The smallest absolute Gasteiger partial charge is 0.273 e. The standard InChI is InChI=1S/C15H19N3O3/c1-10(2)7-8-16-13(19)9-18-15(21)12-6-4-3-5-11(12)14(20)17-18/h3-6,10H,7-9H2,1-2H3,(H,16,19)(H,17,20). The summed E-state index contributed by atoms with van der Waals surface area (Å²) < 4.78 is 1.05. The van der Waals surface area contributed by atoms with Crippen molar-refractivity contribution < 1.29 is 4.79 Å². The molecule has 0 fully saturated rings. The van der Waals surface area contributed by atoms with E-state index in [1.807, 2.05) is 0 Å². The number of hydrogen-bond acceptors (Lipinski definition) is 3. The summed E-state index contributed by atoms with van der Waals surface area (Å²) in [5.74, 6) is 0.206. The van der Waals surface area contributed by atoms with E-state index < -0.39 is 0 Å². The Morgan fingerprint density at radius 3 is 2.57 bits per heavy atom. The predicted molar refractivity (Wildman–Crippen MR) is 81.3 cm³/mol. The number of aromatic amines is 1. The molecule has 0 unspecified atom stereocenters. The van der Waals surface area contributed by atoms with Gasteiger partial charge in [-0.05, 0) is 24.5 Å². The summed E-state index contributed by atoms with van der Waals surface area (Å²) in [6.45, 7) is 4.51. The number of carbonyl (C=O) groups excluding carboxylic acids is 1. The normalized spacial score (nSPS) is 11.0. The molecule has 1 heterocycles. The van der Waals surface area contributed by atoms with Crippen molar-refractivity contribution in [2.24, 2.45) is 5.92 Å². The highest BCUT2D eigenvalue weighted by Crippen LogP contribution is 2.02. The maximum Gasteiger partial charge on any atom is 0.273 e. The average molecular weight is 289 g/mol. The van der Waals surface area contributed by atoms with Gasteiger partial charge in [0.1, 0.15) is 6.54 Å². The first-order valence-corrected chi connectivity index (χ1v) is 6.97. The van der Waals surface area contributed by atoms with E-state index in [2.05, 4.69) is 24.3 Å². The molecular formula is C15H19N3O3. The van der Waals surface area contributed by atoms with Gasteiger partial charge in [0.05, 0.1) is 10.8 Å². The summed E-state index contributed by atoms with van der Waals surface area (Å²) in [7, 11) is 0. The number of nitrogens with zero attached hydrogens (tertiary/aromatic N) is 1. The average Bonchev–Trinajstić information content (AvgIpc) is 2.44. The zero-order chi connectivity index (χ0) is 15.4. The SMILES string of the molecule is CC(C)CCNC(=O)Cn1[nH]c(=O)c2ccccc2c1=O. The van der Waals surface area contributed by atoms with Crippen molar-refractivity contribution >= 4 is 16.7 Å². The second-order valence-electron chi connectivity index (χ2n) is 5.41. The Morgan fingerprint density at radius 2 is 1.90 bits per heavy atom. The third-order valence-corrected chi connectivity index (χ3v) is 3.23. The van der Waals surface area contributed by atoms with E-state index in [-0.39, 0.29) is 23.6 Å². The Hall–Kier alpha value is -2.37. The van der Waals surface area contributed by atoms with E-state index >= 15 is 0 Å². The monoisotopic (exact) mass is 289 g/mol. The van der Waals surface area contributed by atoms with E-state index in [1.54, 1.807) is 24.3 Å². The van der Waals surface area contributed by atoms with Crippen LogP contribution in [0, 0.1) is 5.92 Å². The molecule has 2 rings (SSSR count). The van der Waals surface area contributed by atoms with E-state index in [0.29, 0.717) is 23.2 Å². The lowest BCUT2D eigenvalue weighted by atomic mass is 10.1. The van der Waals surface area contributed by atoms with Crippen LogP contribution in [-0.4, -0.2) is 22.2 Å². The molecule has 0 aliphatic carbocycles. The third-order valence-electron chi connectivity index (χ3n) is 3.23. The highest BCUT2D eigenvalue weighted by Gasteiger charge is 2.09. The minimum absolute atomic E-state index is 0.184. The van der Waals surface area contributed by atoms with Crippen molar-refractivity contribution in [2.75, 3.05) is 6.54 Å². The fourth-order valence-electron chi connectivity index (χ4n) is 2.06. The fraction of sp³-hybridized carbons (Fsp3) is 0.400. The van der Waals surface area contributed by atoms with E-state index in [0.717, 1.165) is 11.1 Å². The second kappa shape index (κ2) is 6.39. The summed E-state index contributed by atoms with van der Waals surface area (Å²) in [4.78, 5) is 35.9. The lowest BCUT2D eigenvalue weighted by molar-refractivity contribution is -0.121. The number of H-pyrrole nitrogens is 1. The van der Waals surface area contributed by atoms with Crippen LogP contribution >= 0.6 is 0 Å². The molecule has 2 aromatic rings. The molecule has 6 heteroatoms. The molecule has 6 nitrogen and oxygen atoms in total. The lowest BCUT2D eigenvalue weighted by Gasteiger charge is -2.09. The van der Waals surface area contributed by atoms with Gasteiger partial charge in [0.25, 0.3) is 11.1 Å². The molecule has 0 aliphatic heterocycles. The van der Waals surface area contributed by atoms with Crippen LogP contribution in [0.4, 0.5) is 0 Å². The maximum absolute atomic E-state index is 12.2. The number of rotatable bonds is 5. The molecular weight excluding hydrogens is 270 g/mol. The van der Waals surface area contributed by atoms with Crippen molar-refractivity contribution in [3.63, 3.8) is 0 Å². The summed E-state index contributed by atoms with van der Waals surface area (Å²) in [6, 6.07) is 6.55. The Balaban J connectivity index is 2.20. The summed E-state index contributed by atoms with van der Waals surface area (Å²) >= 11 is 0. The quantitative estimate of drug-likeness (QED) is 0.856. The van der Waals surface area contributed by atoms with E-state index in [4.69, 9.17) is 0 Å². The topological polar surface area (TPSA) is 84.0 Å². The molecule has 0 saturated heterocycles. The van der Waals surface area contributed by atoms with Gasteiger partial charge < -0.3 is 5.32 Å². The molecule has 2 N–H and O–H groups in total. The highest BCUT2D eigenvalue weighted by atomic mass is 16.2. The fourth-order valence-corrected chi connectivity index (χ4v) is 2.06. The van der Waals surface area contributed by atoms with Crippen molar-refractivity contribution in [3.8, 4) is 0 Å². The van der Waals surface area contributed by atoms with Crippen LogP contribution in [0.25, 0.3) is 10.8 Å². The molecule has 21 heavy (non-hydrogen) atoms. The largest absolute Gasteiger partial charge is 0.354 e. The van der Waals surface area contributed by atoms with Crippen molar-refractivity contribution in [1.29, 1.82) is 0 Å². The molecule has 0 saturated carbocycles. The minimum Gasteiger partial charge on any atom is -0.354 e. The van der Waals surface area contributed by atoms with Crippen molar-refractivity contribution in [2.45, 2.75) is 26.8 Å². The predicted octanol–water partition coefficient (Wildman–Crippen LogP) is 0.852. The van der Waals surface area contributed by atoms with Crippen LogP contribution in [0.5, 0.6) is 0 Å². The first-order chi connectivity index (χ1) is 9.99. The van der Waals surface area contributed by atoms with Gasteiger partial charge >= 0.3 is 0 Å². The van der Waals surface area contributed by atoms with E-state index in [9.17, 15) is 14.4 Å². The van der Waals surface area contributed by atoms with Gasteiger partial charge in [0.2, 0.25) is 5.91 Å². The molecule has 1 aromatic heterocycles. The van der Waals surface area contributed by atoms with Gasteiger partial charge in [-0.2, -0.15) is 0 Å². The molecule has 0 radical (unpaired) electrons. The zero-order valence-corrected chi connectivity index (χ0v) is 12.2. The van der Waals surface area contributed by atoms with Crippen LogP contribution in [0.3, 0.4) is 0 Å². The van der Waals surface area contributed by atoms with E-state index in [1.165, 1.54) is 0 Å². The highest BCUT2D eigenvalue weighted by molar-refractivity contribution is 5.81. The minimum atomic E-state index is -0.375. The van der Waals surface area contributed by atoms with Gasteiger partial charge in [-0.25, -0.2) is 4.68 Å². The van der Waals surface area contributed by atoms with Gasteiger partial charge in [-0.1, -0.05) is 26.0 Å². The van der Waals surface area contributed by atoms with Gasteiger partial charge in [0, 0.05) is 6.54 Å². The van der Waals surface area contributed by atoms with Crippen LogP contribution in [0.1, 0.15) is 20.3 Å². The molecule has 1 aromatic carbocycles. The number of aromatic nitrogens is 2. The van der Waals surface area contributed by atoms with Crippen LogP contribution in [0.15, 0.2) is 33.9 Å². The summed E-state index contributed by atoms with van der Waals surface area (Å²) in [5, 5.41) is 5.82. The van der Waals surface area contributed by atoms with Crippen molar-refractivity contribution in [1.82, 2.24) is 15.1 Å². The molecule has 0 aliphatic rings. The molecule has 0 atom stereocenters. The van der Waals surface area contributed by atoms with Crippen LogP contribution < -0.4 is 16.4 Å². The number of amides is 1. The first kappa shape index (κ1) is 15.0. The second-order valence-corrected chi connectivity index (χ2v) is 5.41. The zero-order valence-electron chi connectivity index (χ0n) is 12.2. The van der Waals surface area contributed by atoms with Crippen LogP contribution in [0.2, 0.25) is 0 Å². The first-order valence-electron chi connectivity index (χ1n) is 6.97. The number of carbonyl (C=O) groups is 1. The summed E-state index contributed by atoms with van der Waals surface area (Å²) in [5.41, 5.74) is -0.746. The van der Waals surface area contributed by atoms with Gasteiger partial charge in [-0.3, -0.25) is 19.5 Å². The Labute approximate surface area is 121 Å². The molecule has 112 valence electrons. The Morgan fingerprint density at radius 1 is 1.24 bits per heavy atom.